The third-order valence-electron chi connectivity index (χ3n) is 5.36. The number of ether oxygens (including phenoxy) is 3. The van der Waals surface area contributed by atoms with Crippen LogP contribution in [0.1, 0.15) is 35.7 Å². The van der Waals surface area contributed by atoms with Crippen molar-refractivity contribution >= 4 is 11.9 Å². The van der Waals surface area contributed by atoms with Gasteiger partial charge in [0, 0.05) is 13.1 Å². The molecule has 0 aromatic heterocycles. The number of methoxy groups -OCH3 is 1. The summed E-state index contributed by atoms with van der Waals surface area (Å²) < 4.78 is 15.9. The Bertz CT molecular complexity index is 844. The zero-order chi connectivity index (χ0) is 21.3. The lowest BCUT2D eigenvalue weighted by atomic mass is 9.90. The van der Waals surface area contributed by atoms with Crippen molar-refractivity contribution in [2.24, 2.45) is 5.92 Å². The highest BCUT2D eigenvalue weighted by Gasteiger charge is 2.24. The number of esters is 1. The highest BCUT2D eigenvalue weighted by Crippen LogP contribution is 2.28. The van der Waals surface area contributed by atoms with Gasteiger partial charge in [0.25, 0.3) is 5.91 Å². The topological polar surface area (TPSA) is 65.1 Å². The van der Waals surface area contributed by atoms with Crippen molar-refractivity contribution in [3.8, 4) is 11.5 Å². The van der Waals surface area contributed by atoms with Crippen LogP contribution in [0.4, 0.5) is 0 Å². The predicted octanol–water partition coefficient (Wildman–Crippen LogP) is 3.73. The van der Waals surface area contributed by atoms with Gasteiger partial charge in [-0.15, -0.1) is 0 Å². The van der Waals surface area contributed by atoms with Gasteiger partial charge in [-0.25, -0.2) is 4.79 Å². The Hall–Kier alpha value is -3.02. The van der Waals surface area contributed by atoms with Crippen LogP contribution in [-0.2, 0) is 16.0 Å². The van der Waals surface area contributed by atoms with Gasteiger partial charge >= 0.3 is 5.97 Å². The van der Waals surface area contributed by atoms with Crippen molar-refractivity contribution in [3.05, 3.63) is 59.7 Å². The molecule has 1 saturated heterocycles. The molecule has 1 fully saturated rings. The second-order valence-corrected chi connectivity index (χ2v) is 7.39. The van der Waals surface area contributed by atoms with Crippen LogP contribution >= 0.6 is 0 Å². The van der Waals surface area contributed by atoms with E-state index in [1.807, 2.05) is 13.0 Å². The summed E-state index contributed by atoms with van der Waals surface area (Å²) in [4.78, 5) is 26.6. The fourth-order valence-electron chi connectivity index (χ4n) is 3.71. The first kappa shape index (κ1) is 21.7. The lowest BCUT2D eigenvalue weighted by Crippen LogP contribution is -2.41. The summed E-state index contributed by atoms with van der Waals surface area (Å²) in [6.07, 6.45) is 2.97. The summed E-state index contributed by atoms with van der Waals surface area (Å²) in [6.45, 7) is 3.45. The van der Waals surface area contributed by atoms with E-state index >= 15 is 0 Å². The van der Waals surface area contributed by atoms with Crippen LogP contribution in [-0.4, -0.2) is 50.2 Å². The fourth-order valence-corrected chi connectivity index (χ4v) is 3.71. The van der Waals surface area contributed by atoms with E-state index in [0.717, 1.165) is 19.3 Å². The lowest BCUT2D eigenvalue weighted by Gasteiger charge is -2.32. The molecule has 0 bridgehead atoms. The number of amides is 1. The number of hydrogen-bond donors (Lipinski definition) is 0. The number of hydrogen-bond acceptors (Lipinski definition) is 5. The largest absolute Gasteiger partial charge is 0.493 e. The number of piperidine rings is 1. The average Bonchev–Trinajstić information content (AvgIpc) is 2.78. The average molecular weight is 411 g/mol. The molecule has 1 amide bonds. The molecule has 2 aromatic carbocycles. The van der Waals surface area contributed by atoms with Crippen LogP contribution in [0.2, 0.25) is 0 Å². The van der Waals surface area contributed by atoms with E-state index in [4.69, 9.17) is 14.2 Å². The molecule has 3 rings (SSSR count). The van der Waals surface area contributed by atoms with Crippen molar-refractivity contribution in [2.75, 3.05) is 33.4 Å². The minimum absolute atomic E-state index is 0.153. The first-order valence-corrected chi connectivity index (χ1v) is 10.4. The molecular formula is C24H29NO5. The summed E-state index contributed by atoms with van der Waals surface area (Å²) in [6, 6.07) is 15.3. The number of rotatable bonds is 8. The van der Waals surface area contributed by atoms with Gasteiger partial charge < -0.3 is 19.1 Å². The number of carbonyl (C=O) groups excluding carboxylic acids is 2. The second kappa shape index (κ2) is 10.7. The maximum absolute atomic E-state index is 12.5. The summed E-state index contributed by atoms with van der Waals surface area (Å²) in [5.74, 6) is 0.894. The van der Waals surface area contributed by atoms with E-state index in [1.165, 1.54) is 12.7 Å². The molecule has 1 aliphatic heterocycles. The molecule has 1 heterocycles. The first-order chi connectivity index (χ1) is 14.6. The molecule has 6 nitrogen and oxygen atoms in total. The number of benzene rings is 2. The maximum Gasteiger partial charge on any atom is 0.338 e. The van der Waals surface area contributed by atoms with Gasteiger partial charge in [0.2, 0.25) is 0 Å². The molecular weight excluding hydrogens is 382 g/mol. The molecule has 30 heavy (non-hydrogen) atoms. The molecule has 0 N–H and O–H groups in total. The van der Waals surface area contributed by atoms with Crippen molar-refractivity contribution in [1.29, 1.82) is 0 Å². The van der Waals surface area contributed by atoms with E-state index in [-0.39, 0.29) is 12.5 Å². The smallest absolute Gasteiger partial charge is 0.338 e. The Morgan fingerprint density at radius 2 is 1.77 bits per heavy atom. The Morgan fingerprint density at radius 1 is 1.03 bits per heavy atom. The zero-order valence-corrected chi connectivity index (χ0v) is 17.6. The Kier molecular flexibility index (Phi) is 7.71. The van der Waals surface area contributed by atoms with Gasteiger partial charge in [0.1, 0.15) is 0 Å². The van der Waals surface area contributed by atoms with E-state index < -0.39 is 5.97 Å². The highest BCUT2D eigenvalue weighted by atomic mass is 16.5. The quantitative estimate of drug-likeness (QED) is 0.620. The van der Waals surface area contributed by atoms with E-state index in [1.54, 1.807) is 23.1 Å². The minimum Gasteiger partial charge on any atom is -0.493 e. The highest BCUT2D eigenvalue weighted by molar-refractivity contribution is 5.92. The van der Waals surface area contributed by atoms with Gasteiger partial charge in [0.05, 0.1) is 19.3 Å². The number of likely N-dealkylation sites (tertiary alicyclic amines) is 1. The molecule has 0 atom stereocenters. The van der Waals surface area contributed by atoms with Gasteiger partial charge in [0.15, 0.2) is 18.1 Å². The Morgan fingerprint density at radius 3 is 2.43 bits per heavy atom. The molecule has 1 aliphatic rings. The molecule has 0 radical (unpaired) electrons. The molecule has 0 aliphatic carbocycles. The first-order valence-electron chi connectivity index (χ1n) is 10.4. The van der Waals surface area contributed by atoms with Crippen LogP contribution in [0.3, 0.4) is 0 Å². The molecule has 2 aromatic rings. The second-order valence-electron chi connectivity index (χ2n) is 7.39. The van der Waals surface area contributed by atoms with Crippen molar-refractivity contribution in [2.45, 2.75) is 26.2 Å². The predicted molar refractivity (Wildman–Crippen MR) is 114 cm³/mol. The number of carbonyl (C=O) groups is 2. The van der Waals surface area contributed by atoms with Gasteiger partial charge in [-0.2, -0.15) is 0 Å². The van der Waals surface area contributed by atoms with Crippen molar-refractivity contribution in [3.63, 3.8) is 0 Å². The van der Waals surface area contributed by atoms with Crippen molar-refractivity contribution < 1.29 is 23.8 Å². The normalized spacial score (nSPS) is 14.3. The van der Waals surface area contributed by atoms with Crippen LogP contribution < -0.4 is 9.47 Å². The molecule has 6 heteroatoms. The van der Waals surface area contributed by atoms with Crippen LogP contribution in [0.5, 0.6) is 11.5 Å². The third kappa shape index (κ3) is 5.75. The van der Waals surface area contributed by atoms with Gasteiger partial charge in [-0.1, -0.05) is 30.3 Å². The van der Waals surface area contributed by atoms with Crippen LogP contribution in [0, 0.1) is 5.92 Å². The van der Waals surface area contributed by atoms with Gasteiger partial charge in [-0.05, 0) is 55.9 Å². The Labute approximate surface area is 177 Å². The maximum atomic E-state index is 12.5. The molecule has 0 saturated carbocycles. The summed E-state index contributed by atoms with van der Waals surface area (Å²) >= 11 is 0. The Balaban J connectivity index is 1.46. The van der Waals surface area contributed by atoms with Gasteiger partial charge in [-0.3, -0.25) is 4.79 Å². The fraction of sp³-hybridized carbons (Fsp3) is 0.417. The van der Waals surface area contributed by atoms with E-state index in [2.05, 4.69) is 24.3 Å². The minimum atomic E-state index is -0.550. The lowest BCUT2D eigenvalue weighted by molar-refractivity contribution is -0.135. The third-order valence-corrected chi connectivity index (χ3v) is 5.36. The summed E-state index contributed by atoms with van der Waals surface area (Å²) in [7, 11) is 1.54. The molecule has 0 unspecified atom stereocenters. The molecule has 160 valence electrons. The standard InChI is InChI=1S/C24H29NO5/c1-3-29-22-16-20(9-10-21(22)28-2)24(27)30-17-23(26)25-13-11-19(12-14-25)15-18-7-5-4-6-8-18/h4-10,16,19H,3,11-15,17H2,1-2H3. The monoisotopic (exact) mass is 411 g/mol. The molecule has 0 spiro atoms. The van der Waals surface area contributed by atoms with Crippen LogP contribution in [0.15, 0.2) is 48.5 Å². The van der Waals surface area contributed by atoms with E-state index in [0.29, 0.717) is 42.7 Å². The van der Waals surface area contributed by atoms with Crippen molar-refractivity contribution in [1.82, 2.24) is 4.90 Å². The zero-order valence-electron chi connectivity index (χ0n) is 17.6. The van der Waals surface area contributed by atoms with E-state index in [9.17, 15) is 9.59 Å². The number of nitrogens with zero attached hydrogens (tertiary/aromatic N) is 1. The van der Waals surface area contributed by atoms with Crippen LogP contribution in [0.25, 0.3) is 0 Å². The summed E-state index contributed by atoms with van der Waals surface area (Å²) in [5, 5.41) is 0. The SMILES string of the molecule is CCOc1cc(C(=O)OCC(=O)N2CCC(Cc3ccccc3)CC2)ccc1OC. The summed E-state index contributed by atoms with van der Waals surface area (Å²) in [5.41, 5.74) is 1.66.